The SMILES string of the molecule is CCOC(=O)[C@@H](N)CSCc1cccc2ccccc12. The van der Waals surface area contributed by atoms with Gasteiger partial charge in [-0.05, 0) is 23.3 Å². The predicted octanol–water partition coefficient (Wildman–Crippen LogP) is 2.96. The minimum Gasteiger partial charge on any atom is -0.465 e. The van der Waals surface area contributed by atoms with Crippen molar-refractivity contribution in [3.8, 4) is 0 Å². The number of hydrogen-bond acceptors (Lipinski definition) is 4. The van der Waals surface area contributed by atoms with Crippen molar-refractivity contribution in [1.82, 2.24) is 0 Å². The van der Waals surface area contributed by atoms with E-state index in [9.17, 15) is 4.79 Å². The lowest BCUT2D eigenvalue weighted by Crippen LogP contribution is -2.34. The third-order valence-electron chi connectivity index (χ3n) is 3.02. The van der Waals surface area contributed by atoms with Gasteiger partial charge in [-0.25, -0.2) is 0 Å². The molecule has 0 saturated carbocycles. The van der Waals surface area contributed by atoms with Crippen LogP contribution in [0.2, 0.25) is 0 Å². The number of hydrogen-bond donors (Lipinski definition) is 1. The van der Waals surface area contributed by atoms with Crippen LogP contribution in [0.25, 0.3) is 10.8 Å². The lowest BCUT2D eigenvalue weighted by Gasteiger charge is -2.11. The number of fused-ring (bicyclic) bond motifs is 1. The average Bonchev–Trinajstić information content (AvgIpc) is 2.47. The molecule has 2 aromatic carbocycles. The van der Waals surface area contributed by atoms with Gasteiger partial charge in [0.25, 0.3) is 0 Å². The van der Waals surface area contributed by atoms with E-state index in [-0.39, 0.29) is 5.97 Å². The van der Waals surface area contributed by atoms with Crippen LogP contribution in [0.15, 0.2) is 42.5 Å². The first-order valence-corrected chi connectivity index (χ1v) is 7.84. The summed E-state index contributed by atoms with van der Waals surface area (Å²) >= 11 is 1.66. The zero-order chi connectivity index (χ0) is 14.4. The van der Waals surface area contributed by atoms with Crippen molar-refractivity contribution < 1.29 is 9.53 Å². The Hall–Kier alpha value is -1.52. The number of carbonyl (C=O) groups is 1. The van der Waals surface area contributed by atoms with E-state index < -0.39 is 6.04 Å². The van der Waals surface area contributed by atoms with Gasteiger partial charge in [0.05, 0.1) is 6.61 Å². The summed E-state index contributed by atoms with van der Waals surface area (Å²) in [5.41, 5.74) is 7.05. The Morgan fingerprint density at radius 2 is 2.00 bits per heavy atom. The molecule has 0 unspecified atom stereocenters. The van der Waals surface area contributed by atoms with Crippen molar-refractivity contribution in [1.29, 1.82) is 0 Å². The molecular weight excluding hydrogens is 270 g/mol. The van der Waals surface area contributed by atoms with Crippen molar-refractivity contribution in [2.75, 3.05) is 12.4 Å². The van der Waals surface area contributed by atoms with Gasteiger partial charge in [-0.2, -0.15) is 11.8 Å². The van der Waals surface area contributed by atoms with Crippen LogP contribution in [-0.2, 0) is 15.3 Å². The van der Waals surface area contributed by atoms with E-state index in [1.807, 2.05) is 12.1 Å². The van der Waals surface area contributed by atoms with Gasteiger partial charge < -0.3 is 10.5 Å². The van der Waals surface area contributed by atoms with E-state index in [2.05, 4.69) is 30.3 Å². The molecule has 0 aromatic heterocycles. The standard InChI is InChI=1S/C16H19NO2S/c1-2-19-16(18)15(17)11-20-10-13-8-5-7-12-6-3-4-9-14(12)13/h3-9,15H,2,10-11,17H2,1H3/t15-/m0/s1. The van der Waals surface area contributed by atoms with Crippen molar-refractivity contribution in [2.24, 2.45) is 5.73 Å². The summed E-state index contributed by atoms with van der Waals surface area (Å²) in [6.45, 7) is 2.16. The third-order valence-corrected chi connectivity index (χ3v) is 4.13. The Labute approximate surface area is 123 Å². The molecule has 1 atom stereocenters. The highest BCUT2D eigenvalue weighted by molar-refractivity contribution is 7.98. The number of ether oxygens (including phenoxy) is 1. The van der Waals surface area contributed by atoms with Crippen LogP contribution >= 0.6 is 11.8 Å². The minimum atomic E-state index is -0.546. The van der Waals surface area contributed by atoms with Crippen molar-refractivity contribution in [3.63, 3.8) is 0 Å². The smallest absolute Gasteiger partial charge is 0.323 e. The predicted molar refractivity (Wildman–Crippen MR) is 84.7 cm³/mol. The van der Waals surface area contributed by atoms with Gasteiger partial charge in [0.2, 0.25) is 0 Å². The molecule has 0 aliphatic heterocycles. The van der Waals surface area contributed by atoms with Crippen LogP contribution in [0, 0.1) is 0 Å². The summed E-state index contributed by atoms with van der Waals surface area (Å²) in [6.07, 6.45) is 0. The van der Waals surface area contributed by atoms with Crippen molar-refractivity contribution in [2.45, 2.75) is 18.7 Å². The molecule has 0 spiro atoms. The molecule has 2 rings (SSSR count). The average molecular weight is 289 g/mol. The lowest BCUT2D eigenvalue weighted by molar-refractivity contribution is -0.144. The second-order valence-corrected chi connectivity index (χ2v) is 5.54. The van der Waals surface area contributed by atoms with Crippen LogP contribution in [0.3, 0.4) is 0 Å². The Morgan fingerprint density at radius 3 is 2.80 bits per heavy atom. The van der Waals surface area contributed by atoms with E-state index in [1.165, 1.54) is 16.3 Å². The molecule has 20 heavy (non-hydrogen) atoms. The Kier molecular flexibility index (Phi) is 5.44. The number of thioether (sulfide) groups is 1. The highest BCUT2D eigenvalue weighted by Crippen LogP contribution is 2.22. The molecule has 106 valence electrons. The molecule has 0 fully saturated rings. The molecule has 0 saturated heterocycles. The Bertz CT molecular complexity index is 580. The van der Waals surface area contributed by atoms with Crippen molar-refractivity contribution in [3.05, 3.63) is 48.0 Å². The van der Waals surface area contributed by atoms with E-state index in [0.29, 0.717) is 12.4 Å². The fourth-order valence-electron chi connectivity index (χ4n) is 2.03. The van der Waals surface area contributed by atoms with Gasteiger partial charge in [0, 0.05) is 11.5 Å². The van der Waals surface area contributed by atoms with E-state index in [0.717, 1.165) is 5.75 Å². The van der Waals surface area contributed by atoms with E-state index >= 15 is 0 Å². The zero-order valence-electron chi connectivity index (χ0n) is 11.5. The largest absolute Gasteiger partial charge is 0.465 e. The van der Waals surface area contributed by atoms with Crippen LogP contribution < -0.4 is 5.73 Å². The van der Waals surface area contributed by atoms with Gasteiger partial charge >= 0.3 is 5.97 Å². The Morgan fingerprint density at radius 1 is 1.25 bits per heavy atom. The van der Waals surface area contributed by atoms with Gasteiger partial charge in [0.1, 0.15) is 6.04 Å². The maximum absolute atomic E-state index is 11.4. The molecule has 0 amide bonds. The second kappa shape index (κ2) is 7.31. The molecule has 0 aliphatic rings. The highest BCUT2D eigenvalue weighted by Gasteiger charge is 2.14. The second-order valence-electron chi connectivity index (χ2n) is 4.51. The van der Waals surface area contributed by atoms with Gasteiger partial charge in [-0.1, -0.05) is 42.5 Å². The molecule has 0 bridgehead atoms. The quantitative estimate of drug-likeness (QED) is 0.831. The van der Waals surface area contributed by atoms with Gasteiger partial charge in [-0.15, -0.1) is 0 Å². The molecular formula is C16H19NO2S. The summed E-state index contributed by atoms with van der Waals surface area (Å²) in [5.74, 6) is 1.09. The third kappa shape index (κ3) is 3.74. The first kappa shape index (κ1) is 14.9. The first-order chi connectivity index (χ1) is 9.72. The maximum atomic E-state index is 11.4. The number of nitrogens with two attached hydrogens (primary N) is 1. The molecule has 0 heterocycles. The molecule has 3 nitrogen and oxygen atoms in total. The number of benzene rings is 2. The molecule has 0 aliphatic carbocycles. The highest BCUT2D eigenvalue weighted by atomic mass is 32.2. The number of carbonyl (C=O) groups excluding carboxylic acids is 1. The summed E-state index contributed by atoms with van der Waals surface area (Å²) in [4.78, 5) is 11.4. The van der Waals surface area contributed by atoms with E-state index in [4.69, 9.17) is 10.5 Å². The fourth-order valence-corrected chi connectivity index (χ4v) is 3.01. The maximum Gasteiger partial charge on any atom is 0.323 e. The summed E-state index contributed by atoms with van der Waals surface area (Å²) in [5, 5.41) is 2.49. The fraction of sp³-hybridized carbons (Fsp3) is 0.312. The van der Waals surface area contributed by atoms with Crippen LogP contribution in [0.4, 0.5) is 0 Å². The first-order valence-electron chi connectivity index (χ1n) is 6.69. The van der Waals surface area contributed by atoms with Crippen LogP contribution in [0.1, 0.15) is 12.5 Å². The summed E-state index contributed by atoms with van der Waals surface area (Å²) in [6, 6.07) is 14.0. The topological polar surface area (TPSA) is 52.3 Å². The normalized spacial score (nSPS) is 12.3. The Balaban J connectivity index is 1.95. The van der Waals surface area contributed by atoms with Crippen molar-refractivity contribution >= 4 is 28.5 Å². The summed E-state index contributed by atoms with van der Waals surface area (Å²) in [7, 11) is 0. The monoisotopic (exact) mass is 289 g/mol. The number of rotatable bonds is 6. The van der Waals surface area contributed by atoms with Crippen LogP contribution in [-0.4, -0.2) is 24.4 Å². The summed E-state index contributed by atoms with van der Waals surface area (Å²) < 4.78 is 4.90. The van der Waals surface area contributed by atoms with Gasteiger partial charge in [0.15, 0.2) is 0 Å². The van der Waals surface area contributed by atoms with Gasteiger partial charge in [-0.3, -0.25) is 4.79 Å². The molecule has 2 aromatic rings. The molecule has 0 radical (unpaired) electrons. The molecule has 2 N–H and O–H groups in total. The minimum absolute atomic E-state index is 0.321. The molecule has 4 heteroatoms. The number of esters is 1. The van der Waals surface area contributed by atoms with Crippen LogP contribution in [0.5, 0.6) is 0 Å². The van der Waals surface area contributed by atoms with E-state index in [1.54, 1.807) is 18.7 Å². The zero-order valence-corrected chi connectivity index (χ0v) is 12.4. The lowest BCUT2D eigenvalue weighted by atomic mass is 10.1.